The summed E-state index contributed by atoms with van der Waals surface area (Å²) in [6, 6.07) is 6.88. The van der Waals surface area contributed by atoms with E-state index in [4.69, 9.17) is 5.73 Å². The molecule has 2 heteroatoms. The van der Waals surface area contributed by atoms with Crippen molar-refractivity contribution in [1.29, 1.82) is 0 Å². The van der Waals surface area contributed by atoms with Crippen LogP contribution in [0.1, 0.15) is 37.7 Å². The largest absolute Gasteiger partial charge is 0.330 e. The van der Waals surface area contributed by atoms with Gasteiger partial charge in [-0.15, -0.1) is 0 Å². The van der Waals surface area contributed by atoms with Crippen molar-refractivity contribution in [2.24, 2.45) is 5.73 Å². The molecule has 1 saturated carbocycles. The summed E-state index contributed by atoms with van der Waals surface area (Å²) < 4.78 is 12.9. The molecule has 0 heterocycles. The van der Waals surface area contributed by atoms with Gasteiger partial charge in [0.1, 0.15) is 5.82 Å². The van der Waals surface area contributed by atoms with Gasteiger partial charge in [0, 0.05) is 12.0 Å². The molecule has 0 aromatic heterocycles. The van der Waals surface area contributed by atoms with E-state index in [0.717, 1.165) is 12.8 Å². The topological polar surface area (TPSA) is 26.0 Å². The zero-order valence-electron chi connectivity index (χ0n) is 9.01. The first kappa shape index (κ1) is 10.6. The summed E-state index contributed by atoms with van der Waals surface area (Å²) in [5.74, 6) is -0.165. The molecule has 0 atom stereocenters. The van der Waals surface area contributed by atoms with E-state index in [9.17, 15) is 4.39 Å². The Morgan fingerprint density at radius 2 is 1.67 bits per heavy atom. The minimum absolute atomic E-state index is 0.117. The molecule has 1 nitrogen and oxygen atoms in total. The van der Waals surface area contributed by atoms with Crippen molar-refractivity contribution in [3.05, 3.63) is 35.6 Å². The Morgan fingerprint density at radius 1 is 1.07 bits per heavy atom. The van der Waals surface area contributed by atoms with Gasteiger partial charge in [0.25, 0.3) is 0 Å². The maximum absolute atomic E-state index is 12.9. The van der Waals surface area contributed by atoms with Crippen molar-refractivity contribution in [1.82, 2.24) is 0 Å². The summed E-state index contributed by atoms with van der Waals surface area (Å²) in [5, 5.41) is 0. The summed E-state index contributed by atoms with van der Waals surface area (Å²) in [5.41, 5.74) is 7.25. The maximum atomic E-state index is 12.9. The smallest absolute Gasteiger partial charge is 0.123 e. The van der Waals surface area contributed by atoms with Gasteiger partial charge < -0.3 is 5.73 Å². The van der Waals surface area contributed by atoms with Crippen LogP contribution in [0.4, 0.5) is 4.39 Å². The molecule has 0 saturated heterocycles. The highest BCUT2D eigenvalue weighted by molar-refractivity contribution is 5.27. The zero-order valence-corrected chi connectivity index (χ0v) is 9.01. The van der Waals surface area contributed by atoms with E-state index in [0.29, 0.717) is 6.54 Å². The Labute approximate surface area is 90.5 Å². The minimum Gasteiger partial charge on any atom is -0.330 e. The van der Waals surface area contributed by atoms with Gasteiger partial charge in [0.2, 0.25) is 0 Å². The first-order valence-electron chi connectivity index (χ1n) is 5.73. The van der Waals surface area contributed by atoms with Crippen LogP contribution < -0.4 is 5.73 Å². The maximum Gasteiger partial charge on any atom is 0.123 e. The molecule has 0 unspecified atom stereocenters. The van der Waals surface area contributed by atoms with Crippen molar-refractivity contribution in [2.75, 3.05) is 6.54 Å². The molecule has 2 N–H and O–H groups in total. The highest BCUT2D eigenvalue weighted by Crippen LogP contribution is 2.38. The Morgan fingerprint density at radius 3 is 2.20 bits per heavy atom. The third kappa shape index (κ3) is 2.05. The second-order valence-electron chi connectivity index (χ2n) is 4.55. The van der Waals surface area contributed by atoms with Crippen LogP contribution in [0.15, 0.2) is 24.3 Å². The zero-order chi connectivity index (χ0) is 10.7. The Hall–Kier alpha value is -0.890. The third-order valence-electron chi connectivity index (χ3n) is 3.66. The summed E-state index contributed by atoms with van der Waals surface area (Å²) in [6.45, 7) is 0.679. The predicted octanol–water partition coefficient (Wildman–Crippen LogP) is 2.99. The standard InChI is InChI=1S/C13H18FN/c14-12-6-4-11(5-7-12)13(10-15)8-2-1-3-9-13/h4-7H,1-3,8-10,15H2. The summed E-state index contributed by atoms with van der Waals surface area (Å²) >= 11 is 0. The van der Waals surface area contributed by atoms with Crippen LogP contribution in [0.5, 0.6) is 0 Å². The number of nitrogens with two attached hydrogens (primary N) is 1. The SMILES string of the molecule is NCC1(c2ccc(F)cc2)CCCCC1. The third-order valence-corrected chi connectivity index (χ3v) is 3.66. The Bertz CT molecular complexity index is 312. The molecule has 0 spiro atoms. The molecule has 15 heavy (non-hydrogen) atoms. The Kier molecular flexibility index (Phi) is 3.06. The monoisotopic (exact) mass is 207 g/mol. The molecule has 1 fully saturated rings. The van der Waals surface area contributed by atoms with Crippen LogP contribution in [0, 0.1) is 5.82 Å². The summed E-state index contributed by atoms with van der Waals surface area (Å²) in [4.78, 5) is 0. The lowest BCUT2D eigenvalue weighted by atomic mass is 9.69. The number of hydrogen-bond acceptors (Lipinski definition) is 1. The van der Waals surface area contributed by atoms with Crippen LogP contribution in [0.25, 0.3) is 0 Å². The van der Waals surface area contributed by atoms with E-state index in [1.54, 1.807) is 12.1 Å². The molecule has 0 amide bonds. The van der Waals surface area contributed by atoms with E-state index >= 15 is 0 Å². The van der Waals surface area contributed by atoms with E-state index in [-0.39, 0.29) is 11.2 Å². The van der Waals surface area contributed by atoms with E-state index < -0.39 is 0 Å². The number of halogens is 1. The van der Waals surface area contributed by atoms with E-state index in [2.05, 4.69) is 0 Å². The average molecular weight is 207 g/mol. The lowest BCUT2D eigenvalue weighted by Gasteiger charge is -2.36. The van der Waals surface area contributed by atoms with Crippen molar-refractivity contribution >= 4 is 0 Å². The first-order chi connectivity index (χ1) is 7.27. The number of benzene rings is 1. The molecule has 2 rings (SSSR count). The first-order valence-corrected chi connectivity index (χ1v) is 5.73. The molecule has 1 aromatic rings. The van der Waals surface area contributed by atoms with Gasteiger partial charge in [0.15, 0.2) is 0 Å². The summed E-state index contributed by atoms with van der Waals surface area (Å²) in [7, 11) is 0. The fourth-order valence-electron chi connectivity index (χ4n) is 2.64. The van der Waals surface area contributed by atoms with Crippen molar-refractivity contribution in [3.63, 3.8) is 0 Å². The van der Waals surface area contributed by atoms with E-state index in [1.165, 1.54) is 24.8 Å². The van der Waals surface area contributed by atoms with Crippen LogP contribution >= 0.6 is 0 Å². The van der Waals surface area contributed by atoms with Gasteiger partial charge in [-0.2, -0.15) is 0 Å². The summed E-state index contributed by atoms with van der Waals surface area (Å²) in [6.07, 6.45) is 6.09. The molecule has 0 bridgehead atoms. The van der Waals surface area contributed by atoms with Crippen LogP contribution in [0.2, 0.25) is 0 Å². The molecular formula is C13H18FN. The number of hydrogen-bond donors (Lipinski definition) is 1. The minimum atomic E-state index is -0.165. The second kappa shape index (κ2) is 4.31. The van der Waals surface area contributed by atoms with Crippen molar-refractivity contribution in [2.45, 2.75) is 37.5 Å². The van der Waals surface area contributed by atoms with Gasteiger partial charge in [-0.1, -0.05) is 31.4 Å². The highest BCUT2D eigenvalue weighted by atomic mass is 19.1. The molecule has 0 aliphatic heterocycles. The molecule has 1 aliphatic rings. The van der Waals surface area contributed by atoms with Gasteiger partial charge in [-0.05, 0) is 30.5 Å². The van der Waals surface area contributed by atoms with Crippen molar-refractivity contribution < 1.29 is 4.39 Å². The second-order valence-corrected chi connectivity index (χ2v) is 4.55. The van der Waals surface area contributed by atoms with Gasteiger partial charge in [-0.3, -0.25) is 0 Å². The molecular weight excluding hydrogens is 189 g/mol. The fourth-order valence-corrected chi connectivity index (χ4v) is 2.64. The van der Waals surface area contributed by atoms with Gasteiger partial charge in [-0.25, -0.2) is 4.39 Å². The number of rotatable bonds is 2. The van der Waals surface area contributed by atoms with Crippen LogP contribution in [-0.4, -0.2) is 6.54 Å². The molecule has 0 radical (unpaired) electrons. The highest BCUT2D eigenvalue weighted by Gasteiger charge is 2.32. The van der Waals surface area contributed by atoms with E-state index in [1.807, 2.05) is 12.1 Å². The Balaban J connectivity index is 2.28. The molecule has 1 aromatic carbocycles. The van der Waals surface area contributed by atoms with Crippen LogP contribution in [-0.2, 0) is 5.41 Å². The van der Waals surface area contributed by atoms with Gasteiger partial charge in [0.05, 0.1) is 0 Å². The van der Waals surface area contributed by atoms with Crippen LogP contribution in [0.3, 0.4) is 0 Å². The van der Waals surface area contributed by atoms with Gasteiger partial charge >= 0.3 is 0 Å². The lowest BCUT2D eigenvalue weighted by Crippen LogP contribution is -2.37. The molecule has 82 valence electrons. The average Bonchev–Trinajstić information content (AvgIpc) is 2.31. The normalized spacial score (nSPS) is 20.1. The van der Waals surface area contributed by atoms with Crippen molar-refractivity contribution in [3.8, 4) is 0 Å². The molecule has 1 aliphatic carbocycles. The quantitative estimate of drug-likeness (QED) is 0.792. The fraction of sp³-hybridized carbons (Fsp3) is 0.538. The predicted molar refractivity (Wildman–Crippen MR) is 60.2 cm³/mol. The lowest BCUT2D eigenvalue weighted by molar-refractivity contribution is 0.300.